The Kier molecular flexibility index (Phi) is 9.50. The molecule has 0 spiro atoms. The molecule has 0 bridgehead atoms. The zero-order valence-electron chi connectivity index (χ0n) is 10.4. The van der Waals surface area contributed by atoms with Crippen LogP contribution in [-0.2, 0) is 22.8 Å². The largest absolute Gasteiger partial charge is 0.501 e. The molecule has 0 aliphatic heterocycles. The summed E-state index contributed by atoms with van der Waals surface area (Å²) in [5.74, 6) is 0. The Hall–Kier alpha value is -0.433. The summed E-state index contributed by atoms with van der Waals surface area (Å²) in [5.41, 5.74) is 0. The Balaban J connectivity index is 4.17. The first-order valence-corrected chi connectivity index (χ1v) is 7.65. The van der Waals surface area contributed by atoms with E-state index in [9.17, 15) is 4.79 Å². The minimum absolute atomic E-state index is 0.380. The van der Waals surface area contributed by atoms with Crippen molar-refractivity contribution in [3.63, 3.8) is 0 Å². The molecule has 0 aromatic heterocycles. The van der Waals surface area contributed by atoms with E-state index in [4.69, 9.17) is 13.3 Å². The maximum absolute atomic E-state index is 10.0. The SMILES string of the molecule is CCO[Si](CCCOC=O)(OCC)OCC. The van der Waals surface area contributed by atoms with Gasteiger partial charge in [0.05, 0.1) is 6.61 Å². The summed E-state index contributed by atoms with van der Waals surface area (Å²) < 4.78 is 21.6. The predicted molar refractivity (Wildman–Crippen MR) is 62.1 cm³/mol. The monoisotopic (exact) mass is 250 g/mol. The highest BCUT2D eigenvalue weighted by molar-refractivity contribution is 6.60. The molecule has 0 heterocycles. The van der Waals surface area contributed by atoms with E-state index in [1.165, 1.54) is 0 Å². The van der Waals surface area contributed by atoms with Crippen LogP contribution in [-0.4, -0.2) is 41.7 Å². The number of carbonyl (C=O) groups is 1. The van der Waals surface area contributed by atoms with Crippen LogP contribution < -0.4 is 0 Å². The molecule has 0 atom stereocenters. The van der Waals surface area contributed by atoms with Crippen LogP contribution in [0.3, 0.4) is 0 Å². The summed E-state index contributed by atoms with van der Waals surface area (Å²) >= 11 is 0. The second kappa shape index (κ2) is 9.77. The summed E-state index contributed by atoms with van der Waals surface area (Å²) in [6, 6.07) is 0.677. The Morgan fingerprint density at radius 3 is 1.88 bits per heavy atom. The van der Waals surface area contributed by atoms with Crippen molar-refractivity contribution in [2.75, 3.05) is 26.4 Å². The molecular formula is C10H22O5Si. The summed E-state index contributed by atoms with van der Waals surface area (Å²) in [7, 11) is -2.54. The lowest BCUT2D eigenvalue weighted by Crippen LogP contribution is -2.46. The summed E-state index contributed by atoms with van der Waals surface area (Å²) in [5, 5.41) is 0. The van der Waals surface area contributed by atoms with Crippen molar-refractivity contribution in [3.8, 4) is 0 Å². The van der Waals surface area contributed by atoms with E-state index >= 15 is 0 Å². The highest BCUT2D eigenvalue weighted by Gasteiger charge is 2.39. The first-order chi connectivity index (χ1) is 7.74. The summed E-state index contributed by atoms with van der Waals surface area (Å²) in [6.45, 7) is 8.30. The fraction of sp³-hybridized carbons (Fsp3) is 0.900. The van der Waals surface area contributed by atoms with Gasteiger partial charge in [-0.25, -0.2) is 0 Å². The van der Waals surface area contributed by atoms with Crippen LogP contribution in [0.2, 0.25) is 6.04 Å². The van der Waals surface area contributed by atoms with Crippen LogP contribution >= 0.6 is 0 Å². The molecule has 16 heavy (non-hydrogen) atoms. The van der Waals surface area contributed by atoms with Gasteiger partial charge >= 0.3 is 8.80 Å². The number of rotatable bonds is 11. The van der Waals surface area contributed by atoms with Crippen molar-refractivity contribution < 1.29 is 22.8 Å². The van der Waals surface area contributed by atoms with Crippen LogP contribution in [0.1, 0.15) is 27.2 Å². The zero-order chi connectivity index (χ0) is 12.3. The molecule has 0 amide bonds. The van der Waals surface area contributed by atoms with Crippen molar-refractivity contribution in [3.05, 3.63) is 0 Å². The zero-order valence-corrected chi connectivity index (χ0v) is 11.4. The van der Waals surface area contributed by atoms with Gasteiger partial charge in [-0.2, -0.15) is 0 Å². The minimum Gasteiger partial charge on any atom is -0.468 e. The lowest BCUT2D eigenvalue weighted by molar-refractivity contribution is -0.128. The highest BCUT2D eigenvalue weighted by Crippen LogP contribution is 2.17. The average molecular weight is 250 g/mol. The fourth-order valence-corrected chi connectivity index (χ4v) is 4.00. The lowest BCUT2D eigenvalue weighted by atomic mass is 10.5. The number of hydrogen-bond acceptors (Lipinski definition) is 5. The van der Waals surface area contributed by atoms with E-state index < -0.39 is 8.80 Å². The van der Waals surface area contributed by atoms with Gasteiger partial charge in [0.1, 0.15) is 0 Å². The van der Waals surface area contributed by atoms with Crippen LogP contribution in [0.4, 0.5) is 0 Å². The number of carbonyl (C=O) groups excluding carboxylic acids is 1. The van der Waals surface area contributed by atoms with Crippen LogP contribution in [0.15, 0.2) is 0 Å². The quantitative estimate of drug-likeness (QED) is 0.317. The third-order valence-corrected chi connectivity index (χ3v) is 5.06. The van der Waals surface area contributed by atoms with Gasteiger partial charge in [0, 0.05) is 25.9 Å². The van der Waals surface area contributed by atoms with E-state index in [0.29, 0.717) is 45.4 Å². The van der Waals surface area contributed by atoms with Gasteiger partial charge in [0.2, 0.25) is 0 Å². The molecule has 0 aromatic carbocycles. The standard InChI is InChI=1S/C10H22O5Si/c1-4-13-16(14-5-2,15-6-3)9-7-8-12-10-11/h10H,4-9H2,1-3H3. The van der Waals surface area contributed by atoms with Gasteiger partial charge in [-0.3, -0.25) is 4.79 Å². The second-order valence-corrected chi connectivity index (χ2v) is 5.78. The van der Waals surface area contributed by atoms with Crippen molar-refractivity contribution in [2.24, 2.45) is 0 Å². The third-order valence-electron chi connectivity index (χ3n) is 1.91. The average Bonchev–Trinajstić information content (AvgIpc) is 2.26. The molecule has 0 rings (SSSR count). The van der Waals surface area contributed by atoms with Gasteiger partial charge < -0.3 is 18.0 Å². The van der Waals surface area contributed by atoms with E-state index in [0.717, 1.165) is 0 Å². The molecule has 96 valence electrons. The number of hydrogen-bond donors (Lipinski definition) is 0. The first kappa shape index (κ1) is 15.6. The molecule has 0 aliphatic carbocycles. The van der Waals surface area contributed by atoms with Gasteiger partial charge in [0.15, 0.2) is 0 Å². The topological polar surface area (TPSA) is 54.0 Å². The fourth-order valence-electron chi connectivity index (χ4n) is 1.42. The summed E-state index contributed by atoms with van der Waals surface area (Å²) in [6.07, 6.45) is 0.699. The second-order valence-electron chi connectivity index (χ2n) is 3.05. The molecule has 6 heteroatoms. The molecule has 0 aromatic rings. The van der Waals surface area contributed by atoms with Crippen molar-refractivity contribution in [1.29, 1.82) is 0 Å². The Morgan fingerprint density at radius 1 is 1.00 bits per heavy atom. The van der Waals surface area contributed by atoms with E-state index in [1.807, 2.05) is 20.8 Å². The maximum Gasteiger partial charge on any atom is 0.501 e. The Labute approximate surface area is 98.4 Å². The van der Waals surface area contributed by atoms with E-state index in [1.54, 1.807) is 0 Å². The van der Waals surface area contributed by atoms with E-state index in [2.05, 4.69) is 4.74 Å². The molecule has 0 saturated carbocycles. The minimum atomic E-state index is -2.54. The predicted octanol–water partition coefficient (Wildman–Crippen LogP) is 1.60. The van der Waals surface area contributed by atoms with Gasteiger partial charge in [-0.1, -0.05) is 0 Å². The van der Waals surface area contributed by atoms with E-state index in [-0.39, 0.29) is 0 Å². The molecule has 0 saturated heterocycles. The molecule has 5 nitrogen and oxygen atoms in total. The molecule has 0 fully saturated rings. The molecular weight excluding hydrogens is 228 g/mol. The third kappa shape index (κ3) is 6.22. The van der Waals surface area contributed by atoms with Gasteiger partial charge in [0.25, 0.3) is 6.47 Å². The summed E-state index contributed by atoms with van der Waals surface area (Å²) in [4.78, 5) is 10.0. The molecule has 0 radical (unpaired) electrons. The van der Waals surface area contributed by atoms with Crippen molar-refractivity contribution in [2.45, 2.75) is 33.2 Å². The van der Waals surface area contributed by atoms with Gasteiger partial charge in [-0.05, 0) is 27.2 Å². The molecule has 0 N–H and O–H groups in total. The maximum atomic E-state index is 10.0. The Morgan fingerprint density at radius 2 is 1.50 bits per heavy atom. The highest BCUT2D eigenvalue weighted by atomic mass is 28.4. The normalized spacial score (nSPS) is 11.4. The number of ether oxygens (including phenoxy) is 1. The van der Waals surface area contributed by atoms with Crippen molar-refractivity contribution >= 4 is 15.3 Å². The van der Waals surface area contributed by atoms with Gasteiger partial charge in [-0.15, -0.1) is 0 Å². The lowest BCUT2D eigenvalue weighted by Gasteiger charge is -2.28. The van der Waals surface area contributed by atoms with Crippen LogP contribution in [0.5, 0.6) is 0 Å². The van der Waals surface area contributed by atoms with Crippen LogP contribution in [0.25, 0.3) is 0 Å². The Bertz CT molecular complexity index is 160. The first-order valence-electron chi connectivity index (χ1n) is 5.71. The van der Waals surface area contributed by atoms with Crippen LogP contribution in [0, 0.1) is 0 Å². The van der Waals surface area contributed by atoms with Crippen molar-refractivity contribution in [1.82, 2.24) is 0 Å². The molecule has 0 unspecified atom stereocenters. The molecule has 0 aliphatic rings. The smallest absolute Gasteiger partial charge is 0.468 e.